The van der Waals surface area contributed by atoms with Crippen LogP contribution < -0.4 is 5.09 Å². The summed E-state index contributed by atoms with van der Waals surface area (Å²) < 4.78 is 18.9. The zero-order chi connectivity index (χ0) is 23.0. The number of anilines is 1. The predicted octanol–water partition coefficient (Wildman–Crippen LogP) is 7.41. The van der Waals surface area contributed by atoms with Crippen LogP contribution in [0.15, 0.2) is 77.7 Å². The van der Waals surface area contributed by atoms with E-state index in [1.54, 1.807) is 12.3 Å². The first-order chi connectivity index (χ1) is 15.4. The molecule has 1 N–H and O–H groups in total. The Balaban J connectivity index is 1.93. The van der Waals surface area contributed by atoms with Gasteiger partial charge in [-0.2, -0.15) is 0 Å². The molecule has 0 radical (unpaired) electrons. The maximum Gasteiger partial charge on any atom is 0.311 e. The summed E-state index contributed by atoms with van der Waals surface area (Å²) in [6, 6.07) is 18.4. The van der Waals surface area contributed by atoms with Crippen molar-refractivity contribution in [3.05, 3.63) is 94.5 Å². The van der Waals surface area contributed by atoms with E-state index in [0.717, 1.165) is 11.1 Å². The van der Waals surface area contributed by atoms with Crippen LogP contribution in [0.2, 0.25) is 0 Å². The van der Waals surface area contributed by atoms with Crippen LogP contribution in [-0.2, 0) is 20.5 Å². The monoisotopic (exact) mass is 506 g/mol. The molecule has 9 heteroatoms. The van der Waals surface area contributed by atoms with Gasteiger partial charge < -0.3 is 9.82 Å². The number of carbonyl (C=O) groups excluding carboxylic acids is 1. The molecule has 0 spiro atoms. The Bertz CT molecular complexity index is 1100. The summed E-state index contributed by atoms with van der Waals surface area (Å²) >= 11 is 14.2. The lowest BCUT2D eigenvalue weighted by molar-refractivity contribution is -0.142. The van der Waals surface area contributed by atoms with Crippen LogP contribution in [0, 0.1) is 0 Å². The number of aromatic nitrogens is 1. The molecule has 0 aliphatic heterocycles. The third kappa shape index (κ3) is 7.07. The molecule has 0 saturated carbocycles. The van der Waals surface area contributed by atoms with Gasteiger partial charge in [0.15, 0.2) is 5.13 Å². The number of nitrogens with one attached hydrogen (secondary N) is 1. The molecule has 0 aliphatic carbocycles. The molecule has 1 aromatic heterocycles. The normalized spacial score (nSPS) is 14.0. The van der Waals surface area contributed by atoms with E-state index in [-0.39, 0.29) is 12.4 Å². The molecule has 0 unspecified atom stereocenters. The topological polar surface area (TPSA) is 68.3 Å². The molecule has 5 nitrogen and oxygen atoms in total. The first-order valence-corrected chi connectivity index (χ1v) is 13.2. The Kier molecular flexibility index (Phi) is 8.71. The number of nitrogens with zero attached hydrogens (tertiary/aromatic N) is 1. The Labute approximate surface area is 201 Å². The number of rotatable bonds is 9. The van der Waals surface area contributed by atoms with Crippen LogP contribution in [0.4, 0.5) is 5.13 Å². The van der Waals surface area contributed by atoms with Gasteiger partial charge in [0.25, 0.3) is 0 Å². The highest BCUT2D eigenvalue weighted by Crippen LogP contribution is 2.54. The summed E-state index contributed by atoms with van der Waals surface area (Å²) in [6.45, 7) is 2.04. The number of thiazole rings is 1. The van der Waals surface area contributed by atoms with E-state index in [0.29, 0.717) is 27.5 Å². The zero-order valence-corrected chi connectivity index (χ0v) is 20.4. The van der Waals surface area contributed by atoms with E-state index in [9.17, 15) is 9.36 Å². The Morgan fingerprint density at radius 3 is 2.06 bits per heavy atom. The van der Waals surface area contributed by atoms with Gasteiger partial charge in [0.2, 0.25) is 7.29 Å². The van der Waals surface area contributed by atoms with Crippen molar-refractivity contribution in [1.82, 2.24) is 4.98 Å². The minimum atomic E-state index is -3.42. The van der Waals surface area contributed by atoms with Crippen LogP contribution in [0.25, 0.3) is 10.1 Å². The van der Waals surface area contributed by atoms with Gasteiger partial charge in [-0.1, -0.05) is 83.9 Å². The molecular weight excluding hydrogens is 486 g/mol. The Morgan fingerprint density at radius 1 is 1.03 bits per heavy atom. The number of benzene rings is 2. The smallest absolute Gasteiger partial charge is 0.311 e. The van der Waals surface area contributed by atoms with E-state index in [1.807, 2.05) is 60.7 Å². The second-order valence-corrected chi connectivity index (χ2v) is 10.5. The molecular formula is C23H21Cl2N2O3PS. The lowest BCUT2D eigenvalue weighted by atomic mass is 10.2. The molecule has 0 aliphatic rings. The SMILES string of the molecule is CCOC(=O)Cc1csc(NP(=O)(C=C(Cl)c2ccccc2)C=C(Cl)c2ccccc2)n1. The van der Waals surface area contributed by atoms with E-state index < -0.39 is 7.29 Å². The van der Waals surface area contributed by atoms with Gasteiger partial charge in [-0.25, -0.2) is 4.98 Å². The van der Waals surface area contributed by atoms with Gasteiger partial charge in [0.05, 0.1) is 28.8 Å². The summed E-state index contributed by atoms with van der Waals surface area (Å²) in [5.41, 5.74) is 1.98. The number of esters is 1. The van der Waals surface area contributed by atoms with Crippen LogP contribution in [-0.4, -0.2) is 17.6 Å². The van der Waals surface area contributed by atoms with E-state index in [1.165, 1.54) is 23.0 Å². The Hall–Kier alpha value is -2.37. The molecule has 32 heavy (non-hydrogen) atoms. The zero-order valence-electron chi connectivity index (χ0n) is 17.2. The van der Waals surface area contributed by atoms with Gasteiger partial charge in [-0.05, 0) is 18.1 Å². The fraction of sp³-hybridized carbons (Fsp3) is 0.130. The summed E-state index contributed by atoms with van der Waals surface area (Å²) in [5, 5.41) is 5.71. The van der Waals surface area contributed by atoms with Crippen LogP contribution >= 0.6 is 41.8 Å². The quantitative estimate of drug-likeness (QED) is 0.241. The fourth-order valence-electron chi connectivity index (χ4n) is 2.73. The highest BCUT2D eigenvalue weighted by atomic mass is 35.5. The average Bonchev–Trinajstić information content (AvgIpc) is 3.20. The summed E-state index contributed by atoms with van der Waals surface area (Å²) in [7, 11) is -3.42. The number of hydrogen-bond donors (Lipinski definition) is 1. The maximum atomic E-state index is 13.9. The predicted molar refractivity (Wildman–Crippen MR) is 134 cm³/mol. The average molecular weight is 507 g/mol. The summed E-state index contributed by atoms with van der Waals surface area (Å²) in [4.78, 5) is 16.1. The molecule has 0 amide bonds. The van der Waals surface area contributed by atoms with Crippen molar-refractivity contribution in [1.29, 1.82) is 0 Å². The van der Waals surface area contributed by atoms with Crippen molar-refractivity contribution in [3.63, 3.8) is 0 Å². The lowest BCUT2D eigenvalue weighted by Crippen LogP contribution is -2.07. The minimum Gasteiger partial charge on any atom is -0.466 e. The Morgan fingerprint density at radius 2 is 1.56 bits per heavy atom. The van der Waals surface area contributed by atoms with Gasteiger partial charge in [0, 0.05) is 17.0 Å². The van der Waals surface area contributed by atoms with Crippen LogP contribution in [0.3, 0.4) is 0 Å². The summed E-state index contributed by atoms with van der Waals surface area (Å²) in [6.07, 6.45) is 0.0392. The van der Waals surface area contributed by atoms with Crippen LogP contribution in [0.5, 0.6) is 0 Å². The molecule has 0 fully saturated rings. The van der Waals surface area contributed by atoms with Crippen LogP contribution in [0.1, 0.15) is 23.7 Å². The standard InChI is InChI=1S/C23H21Cl2N2O3PS/c1-2-30-22(28)13-19-16-32-23(26-19)27-31(29,14-20(24)17-9-5-3-6-10-17)15-21(25)18-11-7-4-8-12-18/h3-12,14-16H,2,13H2,1H3,(H,26,27,29). The van der Waals surface area contributed by atoms with Crippen molar-refractivity contribution in [2.45, 2.75) is 13.3 Å². The van der Waals surface area contributed by atoms with Gasteiger partial charge in [-0.15, -0.1) is 11.3 Å². The van der Waals surface area contributed by atoms with Gasteiger partial charge in [0.1, 0.15) is 0 Å². The molecule has 0 bridgehead atoms. The molecule has 166 valence electrons. The summed E-state index contributed by atoms with van der Waals surface area (Å²) in [5.74, 6) is 2.55. The molecule has 3 aromatic rings. The number of hydrogen-bond acceptors (Lipinski definition) is 5. The number of halogens is 2. The van der Waals surface area contributed by atoms with Gasteiger partial charge in [-0.3, -0.25) is 9.36 Å². The first kappa shape index (κ1) is 24.3. The second kappa shape index (κ2) is 11.5. The van der Waals surface area contributed by atoms with Crippen molar-refractivity contribution >= 4 is 63.0 Å². The largest absolute Gasteiger partial charge is 0.466 e. The highest BCUT2D eigenvalue weighted by molar-refractivity contribution is 7.72. The third-order valence-electron chi connectivity index (χ3n) is 4.16. The number of ether oxygens (including phenoxy) is 1. The van der Waals surface area contributed by atoms with E-state index in [2.05, 4.69) is 10.1 Å². The van der Waals surface area contributed by atoms with Crippen molar-refractivity contribution < 1.29 is 14.1 Å². The van der Waals surface area contributed by atoms with Crippen molar-refractivity contribution in [2.24, 2.45) is 0 Å². The lowest BCUT2D eigenvalue weighted by Gasteiger charge is -2.13. The molecule has 1 heterocycles. The molecule has 2 aromatic carbocycles. The fourth-order valence-corrected chi connectivity index (χ4v) is 6.57. The third-order valence-corrected chi connectivity index (χ3v) is 7.92. The van der Waals surface area contributed by atoms with E-state index >= 15 is 0 Å². The van der Waals surface area contributed by atoms with E-state index in [4.69, 9.17) is 27.9 Å². The van der Waals surface area contributed by atoms with Crippen molar-refractivity contribution in [2.75, 3.05) is 11.7 Å². The minimum absolute atomic E-state index is 0.0392. The second-order valence-electron chi connectivity index (χ2n) is 6.63. The van der Waals surface area contributed by atoms with Crippen molar-refractivity contribution in [3.8, 4) is 0 Å². The van der Waals surface area contributed by atoms with Gasteiger partial charge >= 0.3 is 5.97 Å². The molecule has 0 atom stereocenters. The molecule has 0 saturated heterocycles. The first-order valence-electron chi connectivity index (χ1n) is 9.74. The maximum absolute atomic E-state index is 13.9. The molecule has 3 rings (SSSR count). The highest BCUT2D eigenvalue weighted by Gasteiger charge is 2.21. The number of carbonyl (C=O) groups is 1.